The topological polar surface area (TPSA) is 72.7 Å². The second kappa shape index (κ2) is 7.56. The lowest BCUT2D eigenvalue weighted by molar-refractivity contribution is -0.115. The van der Waals surface area contributed by atoms with Gasteiger partial charge in [0.1, 0.15) is 5.82 Å². The highest BCUT2D eigenvalue weighted by atomic mass is 32.2. The van der Waals surface area contributed by atoms with E-state index in [2.05, 4.69) is 27.4 Å². The second-order valence-electron chi connectivity index (χ2n) is 4.65. The monoisotopic (exact) mass is 325 g/mol. The van der Waals surface area contributed by atoms with Crippen LogP contribution in [-0.2, 0) is 18.3 Å². The molecule has 21 heavy (non-hydrogen) atoms. The summed E-state index contributed by atoms with van der Waals surface area (Å²) in [5, 5.41) is 14.1. The zero-order valence-corrected chi connectivity index (χ0v) is 14.0. The molecular formula is C13H19N5OS2. The molecule has 1 atom stereocenters. The average molecular weight is 325 g/mol. The van der Waals surface area contributed by atoms with Gasteiger partial charge < -0.3 is 9.88 Å². The van der Waals surface area contributed by atoms with Crippen molar-refractivity contribution in [3.05, 3.63) is 17.4 Å². The number of nitrogens with zero attached hydrogens (tertiary/aromatic N) is 4. The van der Waals surface area contributed by atoms with Gasteiger partial charge in [0, 0.05) is 25.0 Å². The van der Waals surface area contributed by atoms with Crippen LogP contribution in [-0.4, -0.2) is 30.9 Å². The molecule has 1 amide bonds. The van der Waals surface area contributed by atoms with E-state index in [4.69, 9.17) is 0 Å². The Morgan fingerprint density at radius 1 is 1.52 bits per heavy atom. The molecule has 0 aliphatic carbocycles. The van der Waals surface area contributed by atoms with Crippen molar-refractivity contribution in [2.24, 2.45) is 7.05 Å². The Labute approximate surface area is 132 Å². The Hall–Kier alpha value is -1.41. The van der Waals surface area contributed by atoms with Crippen LogP contribution in [0.25, 0.3) is 0 Å². The van der Waals surface area contributed by atoms with Crippen LogP contribution in [0.4, 0.5) is 5.13 Å². The normalized spacial score (nSPS) is 12.3. The third-order valence-corrected chi connectivity index (χ3v) is 4.82. The number of hydrogen-bond acceptors (Lipinski definition) is 6. The Kier molecular flexibility index (Phi) is 5.75. The average Bonchev–Trinajstić information content (AvgIpc) is 3.08. The molecule has 2 aromatic rings. The highest BCUT2D eigenvalue weighted by Gasteiger charge is 2.19. The van der Waals surface area contributed by atoms with Crippen LogP contribution < -0.4 is 5.32 Å². The SMILES string of the molecule is CCCCc1nnc(S[C@@H](C)C(=O)Nc2nccs2)n1C. The number of unbranched alkanes of at least 4 members (excludes halogenated alkanes) is 1. The standard InChI is InChI=1S/C13H19N5OS2/c1-4-5-6-10-16-17-13(18(10)3)21-9(2)11(19)15-12-14-7-8-20-12/h7-9H,4-6H2,1-3H3,(H,14,15,19)/t9-/m0/s1. The Balaban J connectivity index is 1.94. The van der Waals surface area contributed by atoms with Gasteiger partial charge in [0.25, 0.3) is 0 Å². The van der Waals surface area contributed by atoms with E-state index in [-0.39, 0.29) is 11.2 Å². The summed E-state index contributed by atoms with van der Waals surface area (Å²) in [6, 6.07) is 0. The van der Waals surface area contributed by atoms with E-state index in [1.165, 1.54) is 23.1 Å². The lowest BCUT2D eigenvalue weighted by atomic mass is 10.2. The molecule has 0 aliphatic rings. The zero-order valence-electron chi connectivity index (χ0n) is 12.4. The molecule has 8 heteroatoms. The molecule has 0 saturated carbocycles. The number of anilines is 1. The van der Waals surface area contributed by atoms with Crippen LogP contribution in [0, 0.1) is 0 Å². The first kappa shape index (κ1) is 16.0. The van der Waals surface area contributed by atoms with E-state index >= 15 is 0 Å². The smallest absolute Gasteiger partial charge is 0.239 e. The quantitative estimate of drug-likeness (QED) is 0.792. The predicted molar refractivity (Wildman–Crippen MR) is 85.7 cm³/mol. The third-order valence-electron chi connectivity index (χ3n) is 2.99. The fourth-order valence-electron chi connectivity index (χ4n) is 1.70. The van der Waals surface area contributed by atoms with Crippen molar-refractivity contribution in [3.63, 3.8) is 0 Å². The Morgan fingerprint density at radius 3 is 3.00 bits per heavy atom. The highest BCUT2D eigenvalue weighted by Crippen LogP contribution is 2.23. The maximum absolute atomic E-state index is 12.1. The molecule has 2 heterocycles. The number of nitrogens with one attached hydrogen (secondary N) is 1. The van der Waals surface area contributed by atoms with E-state index < -0.39 is 0 Å². The third kappa shape index (κ3) is 4.28. The number of thiazole rings is 1. The van der Waals surface area contributed by atoms with E-state index in [9.17, 15) is 4.79 Å². The molecule has 0 aliphatic heterocycles. The number of amides is 1. The van der Waals surface area contributed by atoms with Crippen molar-refractivity contribution in [1.29, 1.82) is 0 Å². The van der Waals surface area contributed by atoms with Crippen LogP contribution in [0.5, 0.6) is 0 Å². The summed E-state index contributed by atoms with van der Waals surface area (Å²) in [6.45, 7) is 4.01. The van der Waals surface area contributed by atoms with Gasteiger partial charge in [-0.1, -0.05) is 25.1 Å². The van der Waals surface area contributed by atoms with E-state index in [0.29, 0.717) is 5.13 Å². The minimum absolute atomic E-state index is 0.0759. The van der Waals surface area contributed by atoms with Crippen LogP contribution in [0.1, 0.15) is 32.5 Å². The largest absolute Gasteiger partial charge is 0.309 e. The van der Waals surface area contributed by atoms with E-state index in [0.717, 1.165) is 30.2 Å². The molecule has 0 radical (unpaired) electrons. The summed E-state index contributed by atoms with van der Waals surface area (Å²) >= 11 is 2.81. The fraction of sp³-hybridized carbons (Fsp3) is 0.538. The molecule has 0 bridgehead atoms. The number of thioether (sulfide) groups is 1. The summed E-state index contributed by atoms with van der Waals surface area (Å²) in [5.74, 6) is 0.889. The summed E-state index contributed by atoms with van der Waals surface area (Å²) in [4.78, 5) is 16.1. The number of aromatic nitrogens is 4. The summed E-state index contributed by atoms with van der Waals surface area (Å²) in [7, 11) is 1.94. The predicted octanol–water partition coefficient (Wildman–Crippen LogP) is 2.73. The lowest BCUT2D eigenvalue weighted by Crippen LogP contribution is -2.22. The molecule has 2 rings (SSSR count). The number of aryl methyl sites for hydroxylation is 1. The Bertz CT molecular complexity index is 581. The van der Waals surface area contributed by atoms with Gasteiger partial charge in [-0.05, 0) is 13.3 Å². The van der Waals surface area contributed by atoms with E-state index in [1.807, 2.05) is 23.9 Å². The van der Waals surface area contributed by atoms with Crippen molar-refractivity contribution in [3.8, 4) is 0 Å². The molecule has 0 saturated heterocycles. The van der Waals surface area contributed by atoms with Gasteiger partial charge >= 0.3 is 0 Å². The van der Waals surface area contributed by atoms with Crippen molar-refractivity contribution in [2.75, 3.05) is 5.32 Å². The van der Waals surface area contributed by atoms with Crippen molar-refractivity contribution < 1.29 is 4.79 Å². The fourth-order valence-corrected chi connectivity index (χ4v) is 3.07. The van der Waals surface area contributed by atoms with Crippen molar-refractivity contribution in [1.82, 2.24) is 19.7 Å². The maximum atomic E-state index is 12.1. The molecule has 2 aromatic heterocycles. The van der Waals surface area contributed by atoms with Gasteiger partial charge in [-0.25, -0.2) is 4.98 Å². The Morgan fingerprint density at radius 2 is 2.33 bits per heavy atom. The van der Waals surface area contributed by atoms with Crippen molar-refractivity contribution >= 4 is 34.1 Å². The van der Waals surface area contributed by atoms with Gasteiger partial charge in [-0.15, -0.1) is 21.5 Å². The number of rotatable bonds is 7. The molecule has 0 fully saturated rings. The second-order valence-corrected chi connectivity index (χ2v) is 6.85. The van der Waals surface area contributed by atoms with Crippen molar-refractivity contribution in [2.45, 2.75) is 43.5 Å². The molecule has 114 valence electrons. The minimum atomic E-state index is -0.254. The number of hydrogen-bond donors (Lipinski definition) is 1. The summed E-state index contributed by atoms with van der Waals surface area (Å²) in [6.07, 6.45) is 4.81. The molecule has 0 aromatic carbocycles. The number of carbonyl (C=O) groups excluding carboxylic acids is 1. The highest BCUT2D eigenvalue weighted by molar-refractivity contribution is 8.00. The van der Waals surface area contributed by atoms with Gasteiger partial charge in [-0.2, -0.15) is 0 Å². The lowest BCUT2D eigenvalue weighted by Gasteiger charge is -2.10. The summed E-state index contributed by atoms with van der Waals surface area (Å²) < 4.78 is 1.97. The minimum Gasteiger partial charge on any atom is -0.309 e. The molecule has 6 nitrogen and oxygen atoms in total. The first-order valence-electron chi connectivity index (χ1n) is 6.87. The first-order valence-corrected chi connectivity index (χ1v) is 8.63. The number of carbonyl (C=O) groups is 1. The van der Waals surface area contributed by atoms with Crippen LogP contribution in [0.15, 0.2) is 16.7 Å². The van der Waals surface area contributed by atoms with Crippen LogP contribution >= 0.6 is 23.1 Å². The molecular weight excluding hydrogens is 306 g/mol. The van der Waals surface area contributed by atoms with Gasteiger partial charge in [0.2, 0.25) is 5.91 Å². The van der Waals surface area contributed by atoms with Crippen LogP contribution in [0.3, 0.4) is 0 Å². The molecule has 0 spiro atoms. The zero-order chi connectivity index (χ0) is 15.2. The van der Waals surface area contributed by atoms with Gasteiger partial charge in [0.15, 0.2) is 10.3 Å². The molecule has 0 unspecified atom stereocenters. The summed E-state index contributed by atoms with van der Waals surface area (Å²) in [5.41, 5.74) is 0. The van der Waals surface area contributed by atoms with Crippen LogP contribution in [0.2, 0.25) is 0 Å². The first-order chi connectivity index (χ1) is 10.1. The molecule has 1 N–H and O–H groups in total. The van der Waals surface area contributed by atoms with E-state index in [1.54, 1.807) is 6.20 Å². The van der Waals surface area contributed by atoms with Gasteiger partial charge in [0.05, 0.1) is 5.25 Å². The maximum Gasteiger partial charge on any atom is 0.239 e. The van der Waals surface area contributed by atoms with Gasteiger partial charge in [-0.3, -0.25) is 4.79 Å².